The largest absolute Gasteiger partial charge is 0.481 e. The third kappa shape index (κ3) is 7.51. The maximum absolute atomic E-state index is 14.0. The first-order valence-corrected chi connectivity index (χ1v) is 17.1. The minimum Gasteiger partial charge on any atom is -0.481 e. The first kappa shape index (κ1) is 34.7. The van der Waals surface area contributed by atoms with Crippen molar-refractivity contribution in [1.82, 2.24) is 9.80 Å². The zero-order valence-corrected chi connectivity index (χ0v) is 28.5. The average molecular weight is 703 g/mol. The van der Waals surface area contributed by atoms with E-state index >= 15 is 0 Å². The van der Waals surface area contributed by atoms with Crippen LogP contribution >= 0.6 is 23.2 Å². The van der Waals surface area contributed by atoms with Crippen LogP contribution in [0.5, 0.6) is 0 Å². The highest BCUT2D eigenvalue weighted by molar-refractivity contribution is 6.36. The van der Waals surface area contributed by atoms with Gasteiger partial charge in [0, 0.05) is 50.3 Å². The molecular formula is C35H41Cl2N3O8. The molecule has 6 rings (SSSR count). The molecule has 3 aromatic rings. The van der Waals surface area contributed by atoms with Crippen LogP contribution in [0.4, 0.5) is 5.69 Å². The van der Waals surface area contributed by atoms with E-state index in [2.05, 4.69) is 10.2 Å². The molecular weight excluding hydrogens is 661 g/mol. The number of para-hydroxylation sites is 1. The Morgan fingerprint density at radius 1 is 0.979 bits per heavy atom. The zero-order valence-electron chi connectivity index (χ0n) is 27.0. The third-order valence-corrected chi connectivity index (χ3v) is 10.7. The molecule has 2 amide bonds. The van der Waals surface area contributed by atoms with Crippen LogP contribution in [0.2, 0.25) is 10.0 Å². The molecule has 2 aromatic carbocycles. The van der Waals surface area contributed by atoms with E-state index in [0.717, 1.165) is 6.42 Å². The van der Waals surface area contributed by atoms with Crippen LogP contribution < -0.4 is 5.32 Å². The summed E-state index contributed by atoms with van der Waals surface area (Å²) in [7, 11) is 3.37. The molecule has 13 heteroatoms. The van der Waals surface area contributed by atoms with Gasteiger partial charge in [0.25, 0.3) is 5.91 Å². The molecule has 11 nitrogen and oxygen atoms in total. The van der Waals surface area contributed by atoms with Crippen LogP contribution in [-0.2, 0) is 30.2 Å². The lowest BCUT2D eigenvalue weighted by Gasteiger charge is -2.30. The smallest absolute Gasteiger partial charge is 0.306 e. The number of nitrogens with zero attached hydrogens (tertiary/aromatic N) is 2. The van der Waals surface area contributed by atoms with Crippen LogP contribution in [0.15, 0.2) is 47.1 Å². The van der Waals surface area contributed by atoms with Gasteiger partial charge in [0.15, 0.2) is 0 Å². The van der Waals surface area contributed by atoms with Crippen LogP contribution in [-0.4, -0.2) is 104 Å². The normalized spacial score (nSPS) is 26.3. The van der Waals surface area contributed by atoms with Gasteiger partial charge in [0.05, 0.1) is 59.6 Å². The number of rotatable bonds is 11. The van der Waals surface area contributed by atoms with Crippen molar-refractivity contribution in [1.29, 1.82) is 0 Å². The minimum absolute atomic E-state index is 0.0213. The number of hydrogen-bond donors (Lipinski definition) is 2. The Morgan fingerprint density at radius 2 is 1.69 bits per heavy atom. The van der Waals surface area contributed by atoms with Gasteiger partial charge in [-0.2, -0.15) is 0 Å². The summed E-state index contributed by atoms with van der Waals surface area (Å²) < 4.78 is 23.2. The van der Waals surface area contributed by atoms with Gasteiger partial charge in [0.2, 0.25) is 5.91 Å². The molecule has 0 radical (unpaired) electrons. The molecule has 1 unspecified atom stereocenters. The Kier molecular flexibility index (Phi) is 10.9. The van der Waals surface area contributed by atoms with E-state index in [-0.39, 0.29) is 53.7 Å². The molecule has 2 aliphatic heterocycles. The maximum atomic E-state index is 14.0. The second-order valence-corrected chi connectivity index (χ2v) is 13.8. The molecule has 1 aromatic heterocycles. The van der Waals surface area contributed by atoms with E-state index in [0.29, 0.717) is 84.7 Å². The Labute approximate surface area is 289 Å². The lowest BCUT2D eigenvalue weighted by Crippen LogP contribution is -2.41. The molecule has 0 bridgehead atoms. The number of furan rings is 1. The van der Waals surface area contributed by atoms with Crippen LogP contribution in [0.25, 0.3) is 11.0 Å². The molecule has 3 heterocycles. The fourth-order valence-corrected chi connectivity index (χ4v) is 7.76. The number of benzene rings is 2. The number of fused-ring (bicyclic) bond motifs is 1. The van der Waals surface area contributed by atoms with E-state index in [1.165, 1.54) is 6.26 Å². The Morgan fingerprint density at radius 3 is 2.38 bits per heavy atom. The van der Waals surface area contributed by atoms with Crippen LogP contribution in [0.1, 0.15) is 48.0 Å². The topological polar surface area (TPSA) is 131 Å². The minimum atomic E-state index is -0.751. The lowest BCUT2D eigenvalue weighted by atomic mass is 9.87. The van der Waals surface area contributed by atoms with Crippen LogP contribution in [0.3, 0.4) is 0 Å². The van der Waals surface area contributed by atoms with Gasteiger partial charge in [-0.15, -0.1) is 0 Å². The maximum Gasteiger partial charge on any atom is 0.306 e. The van der Waals surface area contributed by atoms with Crippen molar-refractivity contribution >= 4 is 57.6 Å². The Hall–Kier alpha value is -3.19. The van der Waals surface area contributed by atoms with Gasteiger partial charge in [-0.1, -0.05) is 41.4 Å². The number of halogens is 2. The number of methoxy groups -OCH3 is 2. The number of carbonyl (C=O) groups is 3. The summed E-state index contributed by atoms with van der Waals surface area (Å²) in [5.74, 6) is -1.57. The van der Waals surface area contributed by atoms with Crippen molar-refractivity contribution in [2.45, 2.75) is 68.9 Å². The highest BCUT2D eigenvalue weighted by Gasteiger charge is 2.43. The summed E-state index contributed by atoms with van der Waals surface area (Å²) in [5, 5.41) is 13.4. The predicted octanol–water partition coefficient (Wildman–Crippen LogP) is 5.51. The summed E-state index contributed by atoms with van der Waals surface area (Å²) in [5.41, 5.74) is 1.84. The highest BCUT2D eigenvalue weighted by Crippen LogP contribution is 2.34. The molecule has 0 spiro atoms. The highest BCUT2D eigenvalue weighted by atomic mass is 35.5. The number of carbonyl (C=O) groups excluding carboxylic acids is 2. The molecule has 48 heavy (non-hydrogen) atoms. The van der Waals surface area contributed by atoms with E-state index in [9.17, 15) is 19.5 Å². The van der Waals surface area contributed by atoms with E-state index in [1.807, 2.05) is 17.0 Å². The number of ether oxygens (including phenoxy) is 3. The molecule has 2 saturated heterocycles. The van der Waals surface area contributed by atoms with Crippen molar-refractivity contribution < 1.29 is 38.1 Å². The number of hydrogen-bond acceptors (Lipinski definition) is 8. The van der Waals surface area contributed by atoms with Crippen molar-refractivity contribution in [3.8, 4) is 0 Å². The summed E-state index contributed by atoms with van der Waals surface area (Å²) in [6.07, 6.45) is 4.58. The fourth-order valence-electron chi connectivity index (χ4n) is 7.29. The van der Waals surface area contributed by atoms with E-state index in [4.69, 9.17) is 41.8 Å². The molecule has 1 saturated carbocycles. The Balaban J connectivity index is 1.14. The number of anilines is 1. The van der Waals surface area contributed by atoms with Gasteiger partial charge in [-0.25, -0.2) is 0 Å². The molecule has 3 fully saturated rings. The zero-order chi connectivity index (χ0) is 33.9. The second kappa shape index (κ2) is 15.1. The van der Waals surface area contributed by atoms with Crippen molar-refractivity contribution in [3.63, 3.8) is 0 Å². The van der Waals surface area contributed by atoms with E-state index < -0.39 is 11.9 Å². The standard InChI is InChI=1S/C35H41Cl2N3O8/c1-45-31-16-39(17-32(31)46-2)22-13-23(18-47-24-9-7-20(8-10-24)35(43)44)40(15-22)33(41)12-21-11-28(37)29(14-27(21)36)38-34(42)26-19-48-30-6-4-3-5-25(26)30/h3-6,11,14,19-20,22-24,31-32H,7-10,12-13,15-18H2,1-2H3,(H,38,42)(H,43,44)/t20-,22-,23-,24-,31+,32?/m0/s1. The molecule has 3 aliphatic rings. The first-order valence-electron chi connectivity index (χ1n) is 16.3. The average Bonchev–Trinajstić information content (AvgIpc) is 3.83. The number of carboxylic acids is 1. The monoisotopic (exact) mass is 701 g/mol. The van der Waals surface area contributed by atoms with Gasteiger partial charge >= 0.3 is 5.97 Å². The fraction of sp³-hybridized carbons (Fsp3) is 0.514. The molecule has 2 N–H and O–H groups in total. The van der Waals surface area contributed by atoms with Gasteiger partial charge in [-0.05, 0) is 55.9 Å². The van der Waals surface area contributed by atoms with E-state index in [1.54, 1.807) is 38.5 Å². The molecule has 4 atom stereocenters. The van der Waals surface area contributed by atoms with Gasteiger partial charge < -0.3 is 34.0 Å². The van der Waals surface area contributed by atoms with Crippen molar-refractivity contribution in [2.75, 3.05) is 45.8 Å². The number of aliphatic carboxylic acids is 1. The summed E-state index contributed by atoms with van der Waals surface area (Å²) >= 11 is 13.3. The van der Waals surface area contributed by atoms with Crippen molar-refractivity contribution in [2.24, 2.45) is 5.92 Å². The molecule has 258 valence electrons. The summed E-state index contributed by atoms with van der Waals surface area (Å²) in [6.45, 7) is 2.29. The Bertz CT molecular complexity index is 1630. The lowest BCUT2D eigenvalue weighted by molar-refractivity contribution is -0.144. The quantitative estimate of drug-likeness (QED) is 0.266. The van der Waals surface area contributed by atoms with Gasteiger partial charge in [0.1, 0.15) is 11.8 Å². The number of nitrogens with one attached hydrogen (secondary N) is 1. The number of likely N-dealkylation sites (tertiary alicyclic amines) is 2. The molecule has 1 aliphatic carbocycles. The third-order valence-electron chi connectivity index (χ3n) is 10.1. The SMILES string of the molecule is COC1CN([C@H]2C[C@@H](CO[C@H]3CC[C@H](C(=O)O)CC3)N(C(=O)Cc3cc(Cl)c(NC(=O)c4coc5ccccc45)cc3Cl)C2)C[C@H]1OC. The number of amides is 2. The predicted molar refractivity (Wildman–Crippen MR) is 181 cm³/mol. The summed E-state index contributed by atoms with van der Waals surface area (Å²) in [4.78, 5) is 42.6. The van der Waals surface area contributed by atoms with Crippen LogP contribution in [0, 0.1) is 5.92 Å². The summed E-state index contributed by atoms with van der Waals surface area (Å²) in [6, 6.07) is 10.4. The second-order valence-electron chi connectivity index (χ2n) is 12.9. The van der Waals surface area contributed by atoms with Gasteiger partial charge in [-0.3, -0.25) is 19.3 Å². The van der Waals surface area contributed by atoms with Crippen molar-refractivity contribution in [3.05, 3.63) is 63.8 Å². The first-order chi connectivity index (χ1) is 23.1. The number of carboxylic acid groups (broad SMARTS) is 1.